The summed E-state index contributed by atoms with van der Waals surface area (Å²) in [6, 6.07) is 0. The number of alkyl halides is 3. The lowest BCUT2D eigenvalue weighted by molar-refractivity contribution is -0.385. The molecule has 0 amide bonds. The van der Waals surface area contributed by atoms with E-state index in [0.29, 0.717) is 0 Å². The van der Waals surface area contributed by atoms with Crippen LogP contribution in [-0.4, -0.2) is 21.5 Å². The number of ether oxygens (including phenoxy) is 1. The molecule has 0 fully saturated rings. The number of aryl methyl sites for hydroxylation is 1. The Labute approximate surface area is 102 Å². The number of carbonyl (C=O) groups excluding carboxylic acids is 1. The molecule has 1 heterocycles. The molecule has 0 bridgehead atoms. The van der Waals surface area contributed by atoms with E-state index in [1.165, 1.54) is 6.92 Å². The van der Waals surface area contributed by atoms with Gasteiger partial charge >= 0.3 is 6.36 Å². The third-order valence-electron chi connectivity index (χ3n) is 1.79. The molecule has 10 heteroatoms. The van der Waals surface area contributed by atoms with Crippen molar-refractivity contribution in [3.05, 3.63) is 27.4 Å². The summed E-state index contributed by atoms with van der Waals surface area (Å²) in [6.45, 7) is 1.20. The van der Waals surface area contributed by atoms with E-state index in [1.807, 2.05) is 0 Å². The number of hydrogen-bond donors (Lipinski definition) is 0. The highest BCUT2D eigenvalue weighted by atomic mass is 35.5. The summed E-state index contributed by atoms with van der Waals surface area (Å²) in [4.78, 5) is 23.8. The summed E-state index contributed by atoms with van der Waals surface area (Å²) < 4.78 is 39.5. The van der Waals surface area contributed by atoms with E-state index in [2.05, 4.69) is 9.72 Å². The standard InChI is InChI=1S/C8H4ClF3N2O4/c1-3-2-13-7(18-8(10,11)12)4(6(9)15)5(3)14(16)17/h2H,1H3. The molecule has 18 heavy (non-hydrogen) atoms. The van der Waals surface area contributed by atoms with Crippen LogP contribution in [0.2, 0.25) is 0 Å². The second kappa shape index (κ2) is 4.77. The number of carbonyl (C=O) groups is 1. The number of pyridine rings is 1. The molecule has 0 saturated carbocycles. The molecule has 0 aliphatic rings. The van der Waals surface area contributed by atoms with Gasteiger partial charge in [-0.15, -0.1) is 13.2 Å². The molecule has 0 N–H and O–H groups in total. The minimum Gasteiger partial charge on any atom is -0.387 e. The van der Waals surface area contributed by atoms with Crippen LogP contribution in [0, 0.1) is 17.0 Å². The average Bonchev–Trinajstić information content (AvgIpc) is 2.17. The number of nitrogens with zero attached hydrogens (tertiary/aromatic N) is 2. The van der Waals surface area contributed by atoms with E-state index in [0.717, 1.165) is 6.20 Å². The van der Waals surface area contributed by atoms with Gasteiger partial charge in [0.2, 0.25) is 5.88 Å². The topological polar surface area (TPSA) is 82.3 Å². The van der Waals surface area contributed by atoms with Crippen molar-refractivity contribution in [2.24, 2.45) is 0 Å². The van der Waals surface area contributed by atoms with Crippen molar-refractivity contribution in [3.8, 4) is 5.88 Å². The van der Waals surface area contributed by atoms with Crippen molar-refractivity contribution in [1.29, 1.82) is 0 Å². The van der Waals surface area contributed by atoms with Crippen LogP contribution in [-0.2, 0) is 0 Å². The fourth-order valence-electron chi connectivity index (χ4n) is 1.18. The predicted molar refractivity (Wildman–Crippen MR) is 52.5 cm³/mol. The zero-order valence-corrected chi connectivity index (χ0v) is 9.37. The second-order valence-electron chi connectivity index (χ2n) is 3.05. The van der Waals surface area contributed by atoms with Gasteiger partial charge in [0.05, 0.1) is 4.92 Å². The first-order valence-corrected chi connectivity index (χ1v) is 4.61. The van der Waals surface area contributed by atoms with Gasteiger partial charge in [0.25, 0.3) is 10.9 Å². The molecular formula is C8H4ClF3N2O4. The summed E-state index contributed by atoms with van der Waals surface area (Å²) in [6.07, 6.45) is -4.36. The van der Waals surface area contributed by atoms with Crippen molar-refractivity contribution in [2.75, 3.05) is 0 Å². The van der Waals surface area contributed by atoms with E-state index in [-0.39, 0.29) is 5.56 Å². The first-order valence-electron chi connectivity index (χ1n) is 4.23. The molecule has 6 nitrogen and oxygen atoms in total. The lowest BCUT2D eigenvalue weighted by atomic mass is 10.1. The smallest absolute Gasteiger partial charge is 0.387 e. The van der Waals surface area contributed by atoms with Crippen molar-refractivity contribution in [3.63, 3.8) is 0 Å². The van der Waals surface area contributed by atoms with Gasteiger partial charge < -0.3 is 4.74 Å². The molecule has 1 aromatic rings. The summed E-state index contributed by atoms with van der Waals surface area (Å²) >= 11 is 5.03. The SMILES string of the molecule is Cc1cnc(OC(F)(F)F)c(C(=O)Cl)c1[N+](=O)[O-]. The molecule has 1 rings (SSSR count). The Morgan fingerprint density at radius 1 is 1.56 bits per heavy atom. The monoisotopic (exact) mass is 284 g/mol. The Hall–Kier alpha value is -1.90. The molecule has 0 aliphatic carbocycles. The van der Waals surface area contributed by atoms with Crippen molar-refractivity contribution >= 4 is 22.5 Å². The summed E-state index contributed by atoms with van der Waals surface area (Å²) in [5, 5.41) is 9.23. The van der Waals surface area contributed by atoms with Gasteiger partial charge in [-0.05, 0) is 18.5 Å². The molecule has 98 valence electrons. The summed E-state index contributed by atoms with van der Waals surface area (Å²) in [7, 11) is 0. The zero-order chi connectivity index (χ0) is 14.1. The number of hydrogen-bond acceptors (Lipinski definition) is 5. The largest absolute Gasteiger partial charge is 0.574 e. The Morgan fingerprint density at radius 2 is 2.11 bits per heavy atom. The Morgan fingerprint density at radius 3 is 2.50 bits per heavy atom. The summed E-state index contributed by atoms with van der Waals surface area (Å²) in [5.74, 6) is -1.25. The highest BCUT2D eigenvalue weighted by Gasteiger charge is 2.37. The minimum atomic E-state index is -5.14. The maximum absolute atomic E-state index is 12.0. The number of halogens is 4. The van der Waals surface area contributed by atoms with Gasteiger partial charge in [0, 0.05) is 11.8 Å². The number of rotatable bonds is 3. The predicted octanol–water partition coefficient (Wildman–Crippen LogP) is 2.58. The normalized spacial score (nSPS) is 11.2. The molecule has 0 unspecified atom stereocenters. The van der Waals surface area contributed by atoms with Gasteiger partial charge in [-0.2, -0.15) is 0 Å². The van der Waals surface area contributed by atoms with Crippen LogP contribution in [0.5, 0.6) is 5.88 Å². The minimum absolute atomic E-state index is 0.112. The molecular weight excluding hydrogens is 281 g/mol. The number of aromatic nitrogens is 1. The Kier molecular flexibility index (Phi) is 3.75. The first-order chi connectivity index (χ1) is 8.13. The van der Waals surface area contributed by atoms with Crippen LogP contribution in [0.25, 0.3) is 0 Å². The molecule has 0 radical (unpaired) electrons. The van der Waals surface area contributed by atoms with Crippen molar-refractivity contribution in [2.45, 2.75) is 13.3 Å². The molecule has 1 aromatic heterocycles. The van der Waals surface area contributed by atoms with E-state index in [1.54, 1.807) is 0 Å². The van der Waals surface area contributed by atoms with Crippen molar-refractivity contribution < 1.29 is 27.6 Å². The molecule has 0 atom stereocenters. The third-order valence-corrected chi connectivity index (χ3v) is 1.98. The quantitative estimate of drug-likeness (QED) is 0.484. The van der Waals surface area contributed by atoms with Crippen LogP contribution in [0.4, 0.5) is 18.9 Å². The van der Waals surface area contributed by atoms with Crippen molar-refractivity contribution in [1.82, 2.24) is 4.98 Å². The van der Waals surface area contributed by atoms with Gasteiger partial charge in [-0.25, -0.2) is 4.98 Å². The fourth-order valence-corrected chi connectivity index (χ4v) is 1.35. The highest BCUT2D eigenvalue weighted by Crippen LogP contribution is 2.33. The number of nitro groups is 1. The molecule has 0 saturated heterocycles. The van der Waals surface area contributed by atoms with Crippen LogP contribution in [0.1, 0.15) is 15.9 Å². The van der Waals surface area contributed by atoms with E-state index < -0.39 is 33.7 Å². The van der Waals surface area contributed by atoms with E-state index >= 15 is 0 Å². The maximum Gasteiger partial charge on any atom is 0.574 e. The van der Waals surface area contributed by atoms with Crippen LogP contribution < -0.4 is 4.74 Å². The van der Waals surface area contributed by atoms with E-state index in [4.69, 9.17) is 11.6 Å². The van der Waals surface area contributed by atoms with Gasteiger partial charge in [0.1, 0.15) is 0 Å². The molecule has 0 aliphatic heterocycles. The van der Waals surface area contributed by atoms with Crippen LogP contribution >= 0.6 is 11.6 Å². The van der Waals surface area contributed by atoms with Gasteiger partial charge in [-0.3, -0.25) is 14.9 Å². The van der Waals surface area contributed by atoms with Crippen LogP contribution in [0.3, 0.4) is 0 Å². The highest BCUT2D eigenvalue weighted by molar-refractivity contribution is 6.68. The maximum atomic E-state index is 12.0. The van der Waals surface area contributed by atoms with Gasteiger partial charge in [0.15, 0.2) is 5.56 Å². The zero-order valence-electron chi connectivity index (χ0n) is 8.62. The van der Waals surface area contributed by atoms with Crippen LogP contribution in [0.15, 0.2) is 6.20 Å². The average molecular weight is 285 g/mol. The summed E-state index contributed by atoms with van der Waals surface area (Å²) in [5.41, 5.74) is -2.01. The Bertz CT molecular complexity index is 518. The second-order valence-corrected chi connectivity index (χ2v) is 3.39. The Balaban J connectivity index is 3.49. The molecule has 0 aromatic carbocycles. The third kappa shape index (κ3) is 3.06. The first kappa shape index (κ1) is 14.2. The lowest BCUT2D eigenvalue weighted by Crippen LogP contribution is -2.20. The van der Waals surface area contributed by atoms with E-state index in [9.17, 15) is 28.1 Å². The fraction of sp³-hybridized carbons (Fsp3) is 0.250. The lowest BCUT2D eigenvalue weighted by Gasteiger charge is -2.10. The molecule has 0 spiro atoms. The van der Waals surface area contributed by atoms with Gasteiger partial charge in [-0.1, -0.05) is 0 Å².